The van der Waals surface area contributed by atoms with E-state index in [9.17, 15) is 0 Å². The number of para-hydroxylation sites is 1. The maximum absolute atomic E-state index is 5.67. The predicted molar refractivity (Wildman–Crippen MR) is 75.7 cm³/mol. The molecule has 1 aliphatic rings. The van der Waals surface area contributed by atoms with Crippen LogP contribution < -0.4 is 10.1 Å². The van der Waals surface area contributed by atoms with Crippen LogP contribution in [0.25, 0.3) is 10.2 Å². The van der Waals surface area contributed by atoms with E-state index in [1.165, 1.54) is 5.56 Å². The van der Waals surface area contributed by atoms with Crippen molar-refractivity contribution in [3.05, 3.63) is 47.6 Å². The zero-order valence-corrected chi connectivity index (χ0v) is 10.9. The first-order valence-electron chi connectivity index (χ1n) is 6.08. The fraction of sp³-hybridized carbons (Fsp3) is 0.143. The fourth-order valence-corrected chi connectivity index (χ4v) is 3.08. The van der Waals surface area contributed by atoms with E-state index >= 15 is 0 Å². The standard InChI is InChI=1S/C14H11N3OS/c1-2-4-12-9(3-1)11(7-18-12)17-13-10-5-6-19-14(10)16-8-15-13/h1-6,8,11H,7H2,(H,15,16,17). The Morgan fingerprint density at radius 3 is 3.16 bits per heavy atom. The third-order valence-electron chi connectivity index (χ3n) is 3.27. The molecule has 2 aromatic heterocycles. The molecule has 4 nitrogen and oxygen atoms in total. The summed E-state index contributed by atoms with van der Waals surface area (Å²) < 4.78 is 5.67. The van der Waals surface area contributed by atoms with E-state index in [1.54, 1.807) is 17.7 Å². The van der Waals surface area contributed by atoms with Gasteiger partial charge in [0.1, 0.15) is 29.3 Å². The van der Waals surface area contributed by atoms with Gasteiger partial charge in [0.2, 0.25) is 0 Å². The van der Waals surface area contributed by atoms with Gasteiger partial charge in [-0.3, -0.25) is 0 Å². The molecule has 1 aromatic carbocycles. The summed E-state index contributed by atoms with van der Waals surface area (Å²) in [6, 6.07) is 10.3. The molecule has 0 spiro atoms. The molecule has 1 N–H and O–H groups in total. The van der Waals surface area contributed by atoms with Crippen molar-refractivity contribution in [2.75, 3.05) is 11.9 Å². The molecule has 3 aromatic rings. The summed E-state index contributed by atoms with van der Waals surface area (Å²) in [7, 11) is 0. The van der Waals surface area contributed by atoms with Gasteiger partial charge < -0.3 is 10.1 Å². The molecule has 4 rings (SSSR count). The molecule has 94 valence electrons. The van der Waals surface area contributed by atoms with Gasteiger partial charge in [-0.1, -0.05) is 18.2 Å². The van der Waals surface area contributed by atoms with Crippen LogP contribution in [0.4, 0.5) is 5.82 Å². The van der Waals surface area contributed by atoms with Gasteiger partial charge in [0.05, 0.1) is 11.4 Å². The number of aromatic nitrogens is 2. The van der Waals surface area contributed by atoms with E-state index < -0.39 is 0 Å². The van der Waals surface area contributed by atoms with Crippen molar-refractivity contribution in [2.45, 2.75) is 6.04 Å². The van der Waals surface area contributed by atoms with E-state index in [0.717, 1.165) is 21.8 Å². The Kier molecular flexibility index (Phi) is 2.38. The van der Waals surface area contributed by atoms with Crippen molar-refractivity contribution in [2.24, 2.45) is 0 Å². The van der Waals surface area contributed by atoms with Crippen LogP contribution in [0.3, 0.4) is 0 Å². The molecule has 5 heteroatoms. The van der Waals surface area contributed by atoms with E-state index in [-0.39, 0.29) is 6.04 Å². The summed E-state index contributed by atoms with van der Waals surface area (Å²) in [6.45, 7) is 0.634. The minimum atomic E-state index is 0.147. The Balaban J connectivity index is 1.71. The number of nitrogens with zero attached hydrogens (tertiary/aromatic N) is 2. The molecule has 1 aliphatic heterocycles. The first-order valence-corrected chi connectivity index (χ1v) is 6.96. The number of ether oxygens (including phenoxy) is 1. The maximum Gasteiger partial charge on any atom is 0.138 e. The lowest BCUT2D eigenvalue weighted by Crippen LogP contribution is -2.13. The Bertz CT molecular complexity index is 740. The highest BCUT2D eigenvalue weighted by atomic mass is 32.1. The Hall–Kier alpha value is -2.14. The normalized spacial score (nSPS) is 17.2. The highest BCUT2D eigenvalue weighted by Gasteiger charge is 2.24. The van der Waals surface area contributed by atoms with Crippen LogP contribution in [0.2, 0.25) is 0 Å². The van der Waals surface area contributed by atoms with Gasteiger partial charge in [0.15, 0.2) is 0 Å². The van der Waals surface area contributed by atoms with Crippen LogP contribution in [-0.2, 0) is 0 Å². The van der Waals surface area contributed by atoms with Gasteiger partial charge in [0, 0.05) is 5.56 Å². The molecule has 0 radical (unpaired) electrons. The van der Waals surface area contributed by atoms with Crippen LogP contribution in [-0.4, -0.2) is 16.6 Å². The van der Waals surface area contributed by atoms with Gasteiger partial charge in [-0.25, -0.2) is 9.97 Å². The average molecular weight is 269 g/mol. The molecule has 3 heterocycles. The third-order valence-corrected chi connectivity index (χ3v) is 4.09. The first kappa shape index (κ1) is 10.8. The van der Waals surface area contributed by atoms with E-state index in [0.29, 0.717) is 6.61 Å². The minimum absolute atomic E-state index is 0.147. The molecule has 1 atom stereocenters. The van der Waals surface area contributed by atoms with E-state index in [2.05, 4.69) is 21.4 Å². The van der Waals surface area contributed by atoms with Gasteiger partial charge in [-0.05, 0) is 17.5 Å². The lowest BCUT2D eigenvalue weighted by atomic mass is 10.1. The molecular weight excluding hydrogens is 258 g/mol. The topological polar surface area (TPSA) is 47.0 Å². The van der Waals surface area contributed by atoms with Crippen molar-refractivity contribution >= 4 is 27.4 Å². The van der Waals surface area contributed by atoms with Crippen LogP contribution in [0, 0.1) is 0 Å². The summed E-state index contributed by atoms with van der Waals surface area (Å²) in [4.78, 5) is 9.61. The minimum Gasteiger partial charge on any atom is -0.491 e. The summed E-state index contributed by atoms with van der Waals surface area (Å²) >= 11 is 1.62. The largest absolute Gasteiger partial charge is 0.491 e. The quantitative estimate of drug-likeness (QED) is 0.776. The van der Waals surface area contributed by atoms with Crippen molar-refractivity contribution in [3.63, 3.8) is 0 Å². The molecule has 1 unspecified atom stereocenters. The van der Waals surface area contributed by atoms with Crippen molar-refractivity contribution in [3.8, 4) is 5.75 Å². The van der Waals surface area contributed by atoms with Crippen molar-refractivity contribution in [1.29, 1.82) is 0 Å². The van der Waals surface area contributed by atoms with Crippen molar-refractivity contribution in [1.82, 2.24) is 9.97 Å². The van der Waals surface area contributed by atoms with Crippen LogP contribution in [0.5, 0.6) is 5.75 Å². The summed E-state index contributed by atoms with van der Waals surface area (Å²) in [5, 5.41) is 6.55. The zero-order valence-electron chi connectivity index (χ0n) is 10.0. The monoisotopic (exact) mass is 269 g/mol. The lowest BCUT2D eigenvalue weighted by Gasteiger charge is -2.12. The Labute approximate surface area is 114 Å². The molecule has 0 amide bonds. The summed E-state index contributed by atoms with van der Waals surface area (Å²) in [6.07, 6.45) is 1.60. The van der Waals surface area contributed by atoms with Gasteiger partial charge in [-0.15, -0.1) is 11.3 Å². The molecule has 0 saturated heterocycles. The number of hydrogen-bond acceptors (Lipinski definition) is 5. The number of anilines is 1. The summed E-state index contributed by atoms with van der Waals surface area (Å²) in [5.74, 6) is 1.83. The molecule has 0 aliphatic carbocycles. The second kappa shape index (κ2) is 4.20. The summed E-state index contributed by atoms with van der Waals surface area (Å²) in [5.41, 5.74) is 1.18. The maximum atomic E-state index is 5.67. The molecule has 0 fully saturated rings. The zero-order chi connectivity index (χ0) is 12.7. The SMILES string of the molecule is c1ccc2c(c1)OCC2Nc1ncnc2sccc12. The smallest absolute Gasteiger partial charge is 0.138 e. The highest BCUT2D eigenvalue weighted by Crippen LogP contribution is 2.35. The number of fused-ring (bicyclic) bond motifs is 2. The molecule has 0 bridgehead atoms. The number of benzene rings is 1. The predicted octanol–water partition coefficient (Wildman–Crippen LogP) is 3.24. The van der Waals surface area contributed by atoms with Gasteiger partial charge in [-0.2, -0.15) is 0 Å². The Morgan fingerprint density at radius 1 is 1.21 bits per heavy atom. The molecule has 19 heavy (non-hydrogen) atoms. The first-order chi connectivity index (χ1) is 9.42. The highest BCUT2D eigenvalue weighted by molar-refractivity contribution is 7.16. The van der Waals surface area contributed by atoms with Crippen LogP contribution in [0.15, 0.2) is 42.0 Å². The second-order valence-electron chi connectivity index (χ2n) is 4.41. The number of thiophene rings is 1. The lowest BCUT2D eigenvalue weighted by molar-refractivity contribution is 0.339. The second-order valence-corrected chi connectivity index (χ2v) is 5.30. The van der Waals surface area contributed by atoms with E-state index in [1.807, 2.05) is 29.6 Å². The average Bonchev–Trinajstić information content (AvgIpc) is 3.06. The van der Waals surface area contributed by atoms with Gasteiger partial charge in [0.25, 0.3) is 0 Å². The molecular formula is C14H11N3OS. The van der Waals surface area contributed by atoms with Crippen LogP contribution >= 0.6 is 11.3 Å². The third kappa shape index (κ3) is 1.74. The number of nitrogens with one attached hydrogen (secondary N) is 1. The fourth-order valence-electron chi connectivity index (χ4n) is 2.35. The van der Waals surface area contributed by atoms with Crippen LogP contribution in [0.1, 0.15) is 11.6 Å². The number of rotatable bonds is 2. The molecule has 0 saturated carbocycles. The Morgan fingerprint density at radius 2 is 2.16 bits per heavy atom. The number of hydrogen-bond donors (Lipinski definition) is 1. The van der Waals surface area contributed by atoms with E-state index in [4.69, 9.17) is 4.74 Å². The van der Waals surface area contributed by atoms with Gasteiger partial charge >= 0.3 is 0 Å². The van der Waals surface area contributed by atoms with Crippen molar-refractivity contribution < 1.29 is 4.74 Å².